The number of methoxy groups -OCH3 is 3. The van der Waals surface area contributed by atoms with Gasteiger partial charge in [-0.3, -0.25) is 4.79 Å². The molecule has 0 spiro atoms. The highest BCUT2D eigenvalue weighted by Crippen LogP contribution is 2.35. The van der Waals surface area contributed by atoms with Gasteiger partial charge in [-0.2, -0.15) is 0 Å². The predicted octanol–water partition coefficient (Wildman–Crippen LogP) is 0.201. The van der Waals surface area contributed by atoms with Crippen molar-refractivity contribution >= 4 is 23.8 Å². The van der Waals surface area contributed by atoms with Crippen molar-refractivity contribution in [2.75, 3.05) is 21.3 Å². The first-order valence-corrected chi connectivity index (χ1v) is 7.00. The number of hydrogen-bond donors (Lipinski definition) is 0. The molecule has 0 bridgehead atoms. The molecule has 0 N–H and O–H groups in total. The minimum absolute atomic E-state index is 0.363. The van der Waals surface area contributed by atoms with E-state index in [9.17, 15) is 19.2 Å². The molecule has 1 atom stereocenters. The van der Waals surface area contributed by atoms with Gasteiger partial charge in [0.25, 0.3) is 5.91 Å². The van der Waals surface area contributed by atoms with E-state index in [2.05, 4.69) is 9.47 Å². The van der Waals surface area contributed by atoms with Crippen LogP contribution in [0.15, 0.2) is 11.1 Å². The van der Waals surface area contributed by atoms with Gasteiger partial charge in [-0.05, 0) is 20.3 Å². The SMILES string of the molecule is CCC(C)(C)N1C(=O)C(C(=O)OC)=C(C(=O)OC)C1C(=O)OC. The summed E-state index contributed by atoms with van der Waals surface area (Å²) in [5, 5.41) is 0. The number of esters is 3. The number of carbonyl (C=O) groups excluding carboxylic acids is 4. The first-order chi connectivity index (χ1) is 10.7. The number of carbonyl (C=O) groups is 4. The average molecular weight is 327 g/mol. The average Bonchev–Trinajstić information content (AvgIpc) is 2.86. The molecule has 23 heavy (non-hydrogen) atoms. The van der Waals surface area contributed by atoms with Gasteiger partial charge < -0.3 is 19.1 Å². The van der Waals surface area contributed by atoms with Crippen LogP contribution in [-0.4, -0.2) is 61.6 Å². The molecule has 1 amide bonds. The van der Waals surface area contributed by atoms with E-state index in [4.69, 9.17) is 4.74 Å². The normalized spacial score (nSPS) is 18.1. The van der Waals surface area contributed by atoms with Crippen molar-refractivity contribution in [3.63, 3.8) is 0 Å². The van der Waals surface area contributed by atoms with Crippen LogP contribution in [0, 0.1) is 0 Å². The van der Waals surface area contributed by atoms with Crippen molar-refractivity contribution in [2.24, 2.45) is 0 Å². The smallest absolute Gasteiger partial charge is 0.344 e. The lowest BCUT2D eigenvalue weighted by molar-refractivity contribution is -0.154. The molecule has 1 unspecified atom stereocenters. The summed E-state index contributed by atoms with van der Waals surface area (Å²) in [6.45, 7) is 5.25. The maximum absolute atomic E-state index is 12.7. The van der Waals surface area contributed by atoms with Crippen molar-refractivity contribution in [3.8, 4) is 0 Å². The summed E-state index contributed by atoms with van der Waals surface area (Å²) in [6.07, 6.45) is 0.481. The standard InChI is InChI=1S/C15H21NO7/c1-7-15(2,3)16-10(14(20)23-6)8(12(18)21-4)9(11(16)17)13(19)22-5/h10H,7H2,1-6H3. The predicted molar refractivity (Wildman–Crippen MR) is 78.1 cm³/mol. The molecule has 0 radical (unpaired) electrons. The van der Waals surface area contributed by atoms with Gasteiger partial charge in [-0.1, -0.05) is 6.92 Å². The van der Waals surface area contributed by atoms with Crippen molar-refractivity contribution in [1.82, 2.24) is 4.90 Å². The van der Waals surface area contributed by atoms with Gasteiger partial charge in [-0.15, -0.1) is 0 Å². The molecule has 0 fully saturated rings. The van der Waals surface area contributed by atoms with Gasteiger partial charge in [0.2, 0.25) is 0 Å². The van der Waals surface area contributed by atoms with Crippen LogP contribution < -0.4 is 0 Å². The molecular formula is C15H21NO7. The van der Waals surface area contributed by atoms with Crippen molar-refractivity contribution < 1.29 is 33.4 Å². The lowest BCUT2D eigenvalue weighted by atomic mass is 9.96. The molecule has 1 heterocycles. The quantitative estimate of drug-likeness (QED) is 0.404. The fourth-order valence-electron chi connectivity index (χ4n) is 2.37. The molecule has 0 aliphatic carbocycles. The van der Waals surface area contributed by atoms with Crippen LogP contribution in [0.4, 0.5) is 0 Å². The van der Waals surface area contributed by atoms with Crippen molar-refractivity contribution in [2.45, 2.75) is 38.8 Å². The molecule has 0 saturated heterocycles. The Morgan fingerprint density at radius 3 is 1.96 bits per heavy atom. The van der Waals surface area contributed by atoms with Crippen LogP contribution in [0.1, 0.15) is 27.2 Å². The van der Waals surface area contributed by atoms with Gasteiger partial charge in [0, 0.05) is 5.54 Å². The summed E-state index contributed by atoms with van der Waals surface area (Å²) in [6, 6.07) is -1.36. The minimum atomic E-state index is -1.36. The Morgan fingerprint density at radius 1 is 1.04 bits per heavy atom. The largest absolute Gasteiger partial charge is 0.467 e. The van der Waals surface area contributed by atoms with E-state index in [1.807, 2.05) is 6.92 Å². The van der Waals surface area contributed by atoms with Crippen molar-refractivity contribution in [3.05, 3.63) is 11.1 Å². The topological polar surface area (TPSA) is 99.2 Å². The molecule has 1 aliphatic rings. The number of ether oxygens (including phenoxy) is 3. The molecule has 128 valence electrons. The maximum atomic E-state index is 12.7. The van der Waals surface area contributed by atoms with E-state index in [0.717, 1.165) is 26.2 Å². The lowest BCUT2D eigenvalue weighted by Gasteiger charge is -2.38. The third-order valence-electron chi connectivity index (χ3n) is 3.97. The second-order valence-corrected chi connectivity index (χ2v) is 5.54. The summed E-state index contributed by atoms with van der Waals surface area (Å²) in [5.74, 6) is -3.55. The first-order valence-electron chi connectivity index (χ1n) is 7.00. The van der Waals surface area contributed by atoms with E-state index < -0.39 is 41.0 Å². The highest BCUT2D eigenvalue weighted by molar-refractivity contribution is 6.26. The highest BCUT2D eigenvalue weighted by atomic mass is 16.5. The van der Waals surface area contributed by atoms with E-state index >= 15 is 0 Å². The third-order valence-corrected chi connectivity index (χ3v) is 3.97. The number of nitrogens with zero attached hydrogens (tertiary/aromatic N) is 1. The summed E-state index contributed by atoms with van der Waals surface area (Å²) in [5.41, 5.74) is -1.67. The Labute approximate surface area is 134 Å². The fourth-order valence-corrected chi connectivity index (χ4v) is 2.37. The summed E-state index contributed by atoms with van der Waals surface area (Å²) < 4.78 is 13.9. The van der Waals surface area contributed by atoms with E-state index in [-0.39, 0.29) is 5.57 Å². The molecule has 0 aromatic heterocycles. The molecule has 0 saturated carbocycles. The molecule has 1 rings (SSSR count). The van der Waals surface area contributed by atoms with Crippen LogP contribution >= 0.6 is 0 Å². The third kappa shape index (κ3) is 3.06. The Hall–Kier alpha value is -2.38. The Kier molecular flexibility index (Phi) is 5.52. The molecule has 1 aliphatic heterocycles. The van der Waals surface area contributed by atoms with Crippen molar-refractivity contribution in [1.29, 1.82) is 0 Å². The van der Waals surface area contributed by atoms with Crippen LogP contribution in [0.5, 0.6) is 0 Å². The lowest BCUT2D eigenvalue weighted by Crippen LogP contribution is -2.54. The Morgan fingerprint density at radius 2 is 1.57 bits per heavy atom. The molecule has 8 heteroatoms. The molecule has 8 nitrogen and oxygen atoms in total. The van der Waals surface area contributed by atoms with Crippen LogP contribution in [0.25, 0.3) is 0 Å². The zero-order valence-corrected chi connectivity index (χ0v) is 14.1. The minimum Gasteiger partial charge on any atom is -0.467 e. The van der Waals surface area contributed by atoms with Gasteiger partial charge in [0.05, 0.1) is 26.9 Å². The number of amides is 1. The monoisotopic (exact) mass is 327 g/mol. The summed E-state index contributed by atoms with van der Waals surface area (Å²) in [7, 11) is 3.31. The fraction of sp³-hybridized carbons (Fsp3) is 0.600. The number of hydrogen-bond acceptors (Lipinski definition) is 7. The molecule has 0 aromatic carbocycles. The maximum Gasteiger partial charge on any atom is 0.344 e. The Bertz CT molecular complexity index is 576. The Balaban J connectivity index is 3.65. The van der Waals surface area contributed by atoms with Gasteiger partial charge in [-0.25, -0.2) is 14.4 Å². The van der Waals surface area contributed by atoms with Gasteiger partial charge in [0.15, 0.2) is 6.04 Å². The zero-order chi connectivity index (χ0) is 17.9. The van der Waals surface area contributed by atoms with Gasteiger partial charge in [0.1, 0.15) is 5.57 Å². The second-order valence-electron chi connectivity index (χ2n) is 5.54. The van der Waals surface area contributed by atoms with E-state index in [1.165, 1.54) is 0 Å². The van der Waals surface area contributed by atoms with Crippen LogP contribution in [0.2, 0.25) is 0 Å². The molecular weight excluding hydrogens is 306 g/mol. The van der Waals surface area contributed by atoms with Crippen LogP contribution in [0.3, 0.4) is 0 Å². The first kappa shape index (κ1) is 18.7. The second kappa shape index (κ2) is 6.80. The van der Waals surface area contributed by atoms with Crippen LogP contribution in [-0.2, 0) is 33.4 Å². The highest BCUT2D eigenvalue weighted by Gasteiger charge is 2.54. The summed E-state index contributed by atoms with van der Waals surface area (Å²) in [4.78, 5) is 50.2. The summed E-state index contributed by atoms with van der Waals surface area (Å²) >= 11 is 0. The number of rotatable bonds is 5. The van der Waals surface area contributed by atoms with E-state index in [0.29, 0.717) is 6.42 Å². The van der Waals surface area contributed by atoms with Gasteiger partial charge >= 0.3 is 17.9 Å². The van der Waals surface area contributed by atoms with E-state index in [1.54, 1.807) is 13.8 Å². The molecule has 0 aromatic rings. The zero-order valence-electron chi connectivity index (χ0n) is 14.1.